The highest BCUT2D eigenvalue weighted by Gasteiger charge is 2.30. The van der Waals surface area contributed by atoms with E-state index in [1.54, 1.807) is 0 Å². The highest BCUT2D eigenvalue weighted by molar-refractivity contribution is 6.32. The van der Waals surface area contributed by atoms with E-state index in [-0.39, 0.29) is 36.0 Å². The Morgan fingerprint density at radius 2 is 0.688 bits per heavy atom. The first-order valence-electron chi connectivity index (χ1n) is 27.2. The van der Waals surface area contributed by atoms with Crippen molar-refractivity contribution in [3.8, 4) is 0 Å². The molecular formula is C60H72Cl4N12O4. The summed E-state index contributed by atoms with van der Waals surface area (Å²) >= 11 is 25.3. The minimum Gasteiger partial charge on any atom is -0.381 e. The number of halogens is 4. The predicted molar refractivity (Wildman–Crippen MR) is 323 cm³/mol. The Kier molecular flexibility index (Phi) is 22.6. The fraction of sp³-hybridized carbons (Fsp3) is 0.400. The minimum absolute atomic E-state index is 0.0184. The van der Waals surface area contributed by atoms with E-state index in [4.69, 9.17) is 82.6 Å². The maximum absolute atomic E-state index is 6.39. The molecule has 7 heterocycles. The lowest BCUT2D eigenvalue weighted by Crippen LogP contribution is -2.32. The third-order valence-electron chi connectivity index (χ3n) is 14.0. The molecule has 0 amide bonds. The van der Waals surface area contributed by atoms with Crippen LogP contribution in [0.4, 0.5) is 35.3 Å². The fourth-order valence-corrected chi connectivity index (χ4v) is 11.4. The van der Waals surface area contributed by atoms with Gasteiger partial charge in [-0.1, -0.05) is 126 Å². The predicted octanol–water partition coefficient (Wildman–Crippen LogP) is 12.6. The molecule has 0 bridgehead atoms. The molecule has 0 spiro atoms. The van der Waals surface area contributed by atoms with Crippen LogP contribution in [0.2, 0.25) is 20.1 Å². The number of ether oxygens (including phenoxy) is 4. The smallest absolute Gasteiger partial charge is 0.222 e. The summed E-state index contributed by atoms with van der Waals surface area (Å²) in [5.74, 6) is 3.82. The van der Waals surface area contributed by atoms with Crippen molar-refractivity contribution in [2.75, 3.05) is 104 Å². The lowest BCUT2D eigenvalue weighted by molar-refractivity contribution is 0.134. The Balaban J connectivity index is 0.000000142. The monoisotopic (exact) mass is 1160 g/mol. The average Bonchev–Trinajstić information content (AvgIpc) is 4.05. The van der Waals surface area contributed by atoms with Gasteiger partial charge in [0.05, 0.1) is 44.6 Å². The topological polar surface area (TPSA) is 202 Å². The van der Waals surface area contributed by atoms with Crippen molar-refractivity contribution in [2.45, 2.75) is 83.3 Å². The van der Waals surface area contributed by atoms with Crippen LogP contribution in [0.3, 0.4) is 0 Å². The molecule has 6 N–H and O–H groups in total. The highest BCUT2D eigenvalue weighted by atomic mass is 35.5. The Morgan fingerprint density at radius 3 is 1.01 bits per heavy atom. The zero-order chi connectivity index (χ0) is 56.4. The van der Waals surface area contributed by atoms with Gasteiger partial charge in [-0.15, -0.1) is 0 Å². The molecule has 2 unspecified atom stereocenters. The molecule has 11 rings (SSSR count). The van der Waals surface area contributed by atoms with E-state index in [1.807, 2.05) is 130 Å². The van der Waals surface area contributed by atoms with Gasteiger partial charge in [0.2, 0.25) is 17.8 Å². The summed E-state index contributed by atoms with van der Waals surface area (Å²) in [6, 6.07) is 37.6. The van der Waals surface area contributed by atoms with E-state index in [9.17, 15) is 0 Å². The second kappa shape index (κ2) is 30.1. The summed E-state index contributed by atoms with van der Waals surface area (Å²) in [6.07, 6.45) is 6.43. The molecule has 3 aromatic heterocycles. The summed E-state index contributed by atoms with van der Waals surface area (Å²) in [5.41, 5.74) is 24.4. The van der Waals surface area contributed by atoms with Crippen LogP contribution in [-0.4, -0.2) is 102 Å². The van der Waals surface area contributed by atoms with Crippen LogP contribution in [-0.2, 0) is 18.9 Å². The van der Waals surface area contributed by atoms with Crippen molar-refractivity contribution in [1.29, 1.82) is 0 Å². The van der Waals surface area contributed by atoms with E-state index in [1.165, 1.54) is 24.8 Å². The number of nitrogens with two attached hydrogens (primary N) is 3. The number of nitrogens with zero attached hydrogens (tertiary/aromatic N) is 9. The van der Waals surface area contributed by atoms with E-state index in [0.29, 0.717) is 25.7 Å². The molecule has 424 valence electrons. The summed E-state index contributed by atoms with van der Waals surface area (Å²) in [6.45, 7) is 13.9. The molecule has 4 aliphatic heterocycles. The Morgan fingerprint density at radius 1 is 0.388 bits per heavy atom. The van der Waals surface area contributed by atoms with Gasteiger partial charge in [-0.05, 0) is 99.4 Å². The quantitative estimate of drug-likeness (QED) is 0.136. The molecule has 0 saturated carbocycles. The van der Waals surface area contributed by atoms with Gasteiger partial charge in [0, 0.05) is 107 Å². The van der Waals surface area contributed by atoms with Crippen LogP contribution in [0.15, 0.2) is 115 Å². The van der Waals surface area contributed by atoms with Gasteiger partial charge in [0.15, 0.2) is 0 Å². The molecule has 4 aliphatic rings. The van der Waals surface area contributed by atoms with Crippen molar-refractivity contribution >= 4 is 81.7 Å². The average molecular weight is 1170 g/mol. The minimum atomic E-state index is 0.0184. The number of benzene rings is 4. The van der Waals surface area contributed by atoms with E-state index in [2.05, 4.69) is 50.7 Å². The van der Waals surface area contributed by atoms with Crippen molar-refractivity contribution in [2.24, 2.45) is 0 Å². The number of aryl methyl sites for hydroxylation is 3. The van der Waals surface area contributed by atoms with Crippen LogP contribution in [0.25, 0.3) is 0 Å². The third kappa shape index (κ3) is 16.8. The Hall–Kier alpha value is -6.08. The molecule has 4 saturated heterocycles. The molecule has 4 aromatic carbocycles. The Labute approximate surface area is 490 Å². The first-order chi connectivity index (χ1) is 38.8. The first-order valence-corrected chi connectivity index (χ1v) is 28.8. The van der Waals surface area contributed by atoms with Crippen molar-refractivity contribution in [3.63, 3.8) is 0 Å². The van der Waals surface area contributed by atoms with Crippen LogP contribution in [0.1, 0.15) is 102 Å². The lowest BCUT2D eigenvalue weighted by Gasteiger charge is -2.31. The van der Waals surface area contributed by atoms with Crippen molar-refractivity contribution < 1.29 is 18.9 Å². The molecule has 0 aliphatic carbocycles. The van der Waals surface area contributed by atoms with Crippen molar-refractivity contribution in [1.82, 2.24) is 29.9 Å². The molecule has 7 aromatic rings. The fourth-order valence-electron chi connectivity index (χ4n) is 10.3. The van der Waals surface area contributed by atoms with Crippen LogP contribution < -0.4 is 31.9 Å². The zero-order valence-corrected chi connectivity index (χ0v) is 48.7. The first kappa shape index (κ1) is 60.0. The number of anilines is 6. The second-order valence-corrected chi connectivity index (χ2v) is 21.6. The van der Waals surface area contributed by atoms with Gasteiger partial charge in [-0.25, -0.2) is 15.0 Å². The standard InChI is InChI=1S/3C16H19ClN4O.C12H15ClO/c3*1-11-9-15(20-16(18)19-11)21-7-4-8-22-10-14(21)12-5-2-3-6-13(12)17;13-12-7-2-1-6-11(12)10-5-3-4-8-14-9-10/h3*2-3,5-6,9,14H,4,7-8,10H2,1H3,(H2,18,19,20);1-2,6-7,10H,3-5,8-9H2/t2*14-;;/m10../s1. The maximum Gasteiger partial charge on any atom is 0.222 e. The molecule has 20 heteroatoms. The Bertz CT molecular complexity index is 2750. The molecule has 80 heavy (non-hydrogen) atoms. The van der Waals surface area contributed by atoms with E-state index >= 15 is 0 Å². The van der Waals surface area contributed by atoms with E-state index in [0.717, 1.165) is 143 Å². The molecule has 4 atom stereocenters. The van der Waals surface area contributed by atoms with Crippen molar-refractivity contribution in [3.05, 3.63) is 175 Å². The van der Waals surface area contributed by atoms with E-state index < -0.39 is 0 Å². The molecule has 16 nitrogen and oxygen atoms in total. The largest absolute Gasteiger partial charge is 0.381 e. The number of hydrogen-bond donors (Lipinski definition) is 3. The number of nitrogen functional groups attached to an aromatic ring is 3. The number of rotatable bonds is 7. The zero-order valence-electron chi connectivity index (χ0n) is 45.7. The summed E-state index contributed by atoms with van der Waals surface area (Å²) in [7, 11) is 0. The SMILES string of the molecule is Cc1cc(N2CCCOCC2c2ccccc2Cl)nc(N)n1.Cc1cc(N2CCCOC[C@@H]2c2ccccc2Cl)nc(N)n1.Cc1cc(N2CCCOC[C@H]2c2ccccc2Cl)nc(N)n1.Clc1ccccc1C1CCCCOC1. The second-order valence-electron chi connectivity index (χ2n) is 19.9. The molecule has 0 radical (unpaired) electrons. The van der Waals surface area contributed by atoms with Gasteiger partial charge in [-0.2, -0.15) is 15.0 Å². The summed E-state index contributed by atoms with van der Waals surface area (Å²) in [5, 5.41) is 3.09. The summed E-state index contributed by atoms with van der Waals surface area (Å²) in [4.78, 5) is 32.3. The van der Waals surface area contributed by atoms with Crippen LogP contribution >= 0.6 is 46.4 Å². The van der Waals surface area contributed by atoms with Crippen LogP contribution in [0, 0.1) is 20.8 Å². The number of hydrogen-bond acceptors (Lipinski definition) is 16. The number of aromatic nitrogens is 6. The third-order valence-corrected chi connectivity index (χ3v) is 15.4. The van der Waals surface area contributed by atoms with Crippen LogP contribution in [0.5, 0.6) is 0 Å². The molecule has 4 fully saturated rings. The van der Waals surface area contributed by atoms with Gasteiger partial charge in [0.1, 0.15) is 17.5 Å². The lowest BCUT2D eigenvalue weighted by atomic mass is 9.95. The van der Waals surface area contributed by atoms with Gasteiger partial charge >= 0.3 is 0 Å². The van der Waals surface area contributed by atoms with Gasteiger partial charge in [-0.3, -0.25) is 0 Å². The molecular weight excluding hydrogens is 1090 g/mol. The van der Waals surface area contributed by atoms with Gasteiger partial charge in [0.25, 0.3) is 0 Å². The van der Waals surface area contributed by atoms with Gasteiger partial charge < -0.3 is 50.8 Å². The summed E-state index contributed by atoms with van der Waals surface area (Å²) < 4.78 is 22.8. The highest BCUT2D eigenvalue weighted by Crippen LogP contribution is 2.37. The maximum atomic E-state index is 6.39. The normalized spacial score (nSPS) is 19.7.